The van der Waals surface area contributed by atoms with Crippen LogP contribution in [0, 0.1) is 12.7 Å². The van der Waals surface area contributed by atoms with E-state index in [0.717, 1.165) is 39.4 Å². The highest BCUT2D eigenvalue weighted by atomic mass is 19.1. The summed E-state index contributed by atoms with van der Waals surface area (Å²) in [6.07, 6.45) is 1.80. The fourth-order valence-corrected chi connectivity index (χ4v) is 2.80. The zero-order valence-corrected chi connectivity index (χ0v) is 12.8. The van der Waals surface area contributed by atoms with Crippen LogP contribution >= 0.6 is 0 Å². The molecular weight excluding hydrogens is 291 g/mol. The number of halogens is 1. The molecule has 0 atom stereocenters. The van der Waals surface area contributed by atoms with Gasteiger partial charge < -0.3 is 9.55 Å². The fraction of sp³-hybridized carbons (Fsp3) is 0.111. The van der Waals surface area contributed by atoms with Crippen LogP contribution in [0.1, 0.15) is 5.82 Å². The minimum atomic E-state index is -0.251. The molecular formula is C18H15FN4. The lowest BCUT2D eigenvalue weighted by Crippen LogP contribution is -1.87. The Morgan fingerprint density at radius 2 is 1.78 bits per heavy atom. The summed E-state index contributed by atoms with van der Waals surface area (Å²) in [6.45, 7) is 1.92. The number of nitrogens with zero attached hydrogens (tertiary/aromatic N) is 3. The Hall–Kier alpha value is -2.95. The van der Waals surface area contributed by atoms with Crippen LogP contribution < -0.4 is 0 Å². The minimum absolute atomic E-state index is 0.251. The molecule has 23 heavy (non-hydrogen) atoms. The minimum Gasteiger partial charge on any atom is -0.342 e. The van der Waals surface area contributed by atoms with Gasteiger partial charge in [0.05, 0.1) is 28.7 Å². The van der Waals surface area contributed by atoms with Gasteiger partial charge in [0.25, 0.3) is 0 Å². The molecule has 4 nitrogen and oxygen atoms in total. The molecule has 4 aromatic rings. The molecule has 5 heteroatoms. The summed E-state index contributed by atoms with van der Waals surface area (Å²) in [4.78, 5) is 12.2. The van der Waals surface area contributed by atoms with Gasteiger partial charge in [-0.05, 0) is 43.3 Å². The van der Waals surface area contributed by atoms with Crippen molar-refractivity contribution < 1.29 is 4.39 Å². The van der Waals surface area contributed by atoms with E-state index in [1.807, 2.05) is 30.7 Å². The van der Waals surface area contributed by atoms with E-state index in [-0.39, 0.29) is 5.82 Å². The van der Waals surface area contributed by atoms with Crippen LogP contribution in [0.2, 0.25) is 0 Å². The lowest BCUT2D eigenvalue weighted by Gasteiger charge is -2.04. The summed E-state index contributed by atoms with van der Waals surface area (Å²) in [7, 11) is 1.97. The highest BCUT2D eigenvalue weighted by molar-refractivity contribution is 5.85. The molecule has 0 spiro atoms. The maximum Gasteiger partial charge on any atom is 0.123 e. The highest BCUT2D eigenvalue weighted by Crippen LogP contribution is 2.31. The molecule has 0 amide bonds. The van der Waals surface area contributed by atoms with Gasteiger partial charge >= 0.3 is 0 Å². The van der Waals surface area contributed by atoms with Gasteiger partial charge in [-0.2, -0.15) is 0 Å². The number of benzene rings is 2. The Bertz CT molecular complexity index is 996. The SMILES string of the molecule is Cc1nc(-c2ccc(F)cc2)c(-c2ccc3ncn(C)c3c2)[nH]1. The summed E-state index contributed by atoms with van der Waals surface area (Å²) < 4.78 is 15.2. The molecule has 0 aliphatic heterocycles. The van der Waals surface area contributed by atoms with Crippen LogP contribution in [0.3, 0.4) is 0 Å². The molecule has 2 aromatic heterocycles. The molecule has 0 fully saturated rings. The number of aryl methyl sites for hydroxylation is 2. The van der Waals surface area contributed by atoms with Crippen molar-refractivity contribution >= 4 is 11.0 Å². The number of nitrogens with one attached hydrogen (secondary N) is 1. The van der Waals surface area contributed by atoms with Gasteiger partial charge in [-0.25, -0.2) is 14.4 Å². The van der Waals surface area contributed by atoms with Crippen LogP contribution in [0.4, 0.5) is 4.39 Å². The molecule has 0 aliphatic rings. The van der Waals surface area contributed by atoms with Crippen molar-refractivity contribution in [3.63, 3.8) is 0 Å². The number of H-pyrrole nitrogens is 1. The van der Waals surface area contributed by atoms with E-state index in [4.69, 9.17) is 0 Å². The lowest BCUT2D eigenvalue weighted by atomic mass is 10.0. The Morgan fingerprint density at radius 1 is 1.04 bits per heavy atom. The third-order valence-corrected chi connectivity index (χ3v) is 3.95. The Balaban J connectivity index is 1.90. The van der Waals surface area contributed by atoms with Gasteiger partial charge in [-0.3, -0.25) is 0 Å². The Morgan fingerprint density at radius 3 is 2.57 bits per heavy atom. The lowest BCUT2D eigenvalue weighted by molar-refractivity contribution is 0.628. The monoisotopic (exact) mass is 306 g/mol. The van der Waals surface area contributed by atoms with Crippen molar-refractivity contribution in [1.82, 2.24) is 19.5 Å². The third-order valence-electron chi connectivity index (χ3n) is 3.95. The van der Waals surface area contributed by atoms with Gasteiger partial charge in [0.2, 0.25) is 0 Å². The van der Waals surface area contributed by atoms with E-state index in [0.29, 0.717) is 0 Å². The largest absolute Gasteiger partial charge is 0.342 e. The maximum atomic E-state index is 13.2. The first-order valence-corrected chi connectivity index (χ1v) is 7.36. The van der Waals surface area contributed by atoms with Crippen LogP contribution in [0.25, 0.3) is 33.5 Å². The smallest absolute Gasteiger partial charge is 0.123 e. The second kappa shape index (κ2) is 5.05. The second-order valence-electron chi connectivity index (χ2n) is 5.61. The van der Waals surface area contributed by atoms with Crippen LogP contribution in [0.5, 0.6) is 0 Å². The number of aromatic amines is 1. The molecule has 0 radical (unpaired) electrons. The van der Waals surface area contributed by atoms with E-state index in [9.17, 15) is 4.39 Å². The van der Waals surface area contributed by atoms with Crippen LogP contribution in [-0.4, -0.2) is 19.5 Å². The normalized spacial score (nSPS) is 11.3. The molecule has 0 aliphatic carbocycles. The number of fused-ring (bicyclic) bond motifs is 1. The van der Waals surface area contributed by atoms with E-state index in [1.165, 1.54) is 12.1 Å². The fourth-order valence-electron chi connectivity index (χ4n) is 2.80. The number of aromatic nitrogens is 4. The van der Waals surface area contributed by atoms with E-state index in [1.54, 1.807) is 18.5 Å². The number of hydrogen-bond acceptors (Lipinski definition) is 2. The zero-order chi connectivity index (χ0) is 16.0. The summed E-state index contributed by atoms with van der Waals surface area (Å²) in [5, 5.41) is 0. The first-order valence-electron chi connectivity index (χ1n) is 7.36. The second-order valence-corrected chi connectivity index (χ2v) is 5.61. The topological polar surface area (TPSA) is 46.5 Å². The Kier molecular flexibility index (Phi) is 3.01. The van der Waals surface area contributed by atoms with E-state index >= 15 is 0 Å². The standard InChI is InChI=1S/C18H15FN4/c1-11-21-17(12-3-6-14(19)7-4-12)18(22-11)13-5-8-15-16(9-13)23(2)10-20-15/h3-10H,1-2H3,(H,21,22). The molecule has 114 valence electrons. The van der Waals surface area contributed by atoms with Crippen molar-refractivity contribution in [2.75, 3.05) is 0 Å². The molecule has 0 bridgehead atoms. The van der Waals surface area contributed by atoms with Crippen molar-refractivity contribution in [1.29, 1.82) is 0 Å². The van der Waals surface area contributed by atoms with Crippen LogP contribution in [0.15, 0.2) is 48.8 Å². The predicted octanol–water partition coefficient (Wildman–Crippen LogP) is 4.08. The first kappa shape index (κ1) is 13.7. The maximum absolute atomic E-state index is 13.2. The quantitative estimate of drug-likeness (QED) is 0.606. The summed E-state index contributed by atoms with van der Waals surface area (Å²) in [6, 6.07) is 12.5. The van der Waals surface area contributed by atoms with E-state index in [2.05, 4.69) is 21.0 Å². The van der Waals surface area contributed by atoms with Gasteiger partial charge in [-0.15, -0.1) is 0 Å². The Labute approximate surface area is 132 Å². The predicted molar refractivity (Wildman–Crippen MR) is 88.4 cm³/mol. The molecule has 0 unspecified atom stereocenters. The molecule has 0 saturated carbocycles. The first-order chi connectivity index (χ1) is 11.1. The molecule has 4 rings (SSSR count). The van der Waals surface area contributed by atoms with Gasteiger partial charge in [0, 0.05) is 18.2 Å². The van der Waals surface area contributed by atoms with Gasteiger partial charge in [-0.1, -0.05) is 6.07 Å². The van der Waals surface area contributed by atoms with E-state index < -0.39 is 0 Å². The van der Waals surface area contributed by atoms with Crippen molar-refractivity contribution in [2.45, 2.75) is 6.92 Å². The summed E-state index contributed by atoms with van der Waals surface area (Å²) in [5.74, 6) is 0.572. The summed E-state index contributed by atoms with van der Waals surface area (Å²) >= 11 is 0. The molecule has 1 N–H and O–H groups in total. The number of rotatable bonds is 2. The third kappa shape index (κ3) is 2.30. The number of hydrogen-bond donors (Lipinski definition) is 1. The van der Waals surface area contributed by atoms with Crippen molar-refractivity contribution in [3.05, 3.63) is 60.4 Å². The van der Waals surface area contributed by atoms with Crippen molar-refractivity contribution in [3.8, 4) is 22.5 Å². The molecule has 0 saturated heterocycles. The average Bonchev–Trinajstić information content (AvgIpc) is 3.11. The number of imidazole rings is 2. The summed E-state index contributed by atoms with van der Waals surface area (Å²) in [5.41, 5.74) is 5.67. The van der Waals surface area contributed by atoms with Crippen LogP contribution in [-0.2, 0) is 7.05 Å². The van der Waals surface area contributed by atoms with Gasteiger partial charge in [0.1, 0.15) is 11.6 Å². The molecule has 2 aromatic carbocycles. The molecule has 2 heterocycles. The zero-order valence-electron chi connectivity index (χ0n) is 12.8. The van der Waals surface area contributed by atoms with Crippen molar-refractivity contribution in [2.24, 2.45) is 7.05 Å². The average molecular weight is 306 g/mol. The van der Waals surface area contributed by atoms with Gasteiger partial charge in [0.15, 0.2) is 0 Å². The highest BCUT2D eigenvalue weighted by Gasteiger charge is 2.14.